The molecule has 3 amide bonds. The molecule has 8 rings (SSSR count). The predicted molar refractivity (Wildman–Crippen MR) is 255 cm³/mol. The van der Waals surface area contributed by atoms with Crippen molar-refractivity contribution in [3.63, 3.8) is 0 Å². The van der Waals surface area contributed by atoms with Crippen LogP contribution in [0.4, 0.5) is 9.59 Å². The van der Waals surface area contributed by atoms with Crippen LogP contribution in [0.2, 0.25) is 10.0 Å². The molecule has 2 aromatic heterocycles. The molecule has 2 aliphatic heterocycles. The van der Waals surface area contributed by atoms with E-state index in [4.69, 9.17) is 59.5 Å². The first-order valence-electron chi connectivity index (χ1n) is 20.2. The molecule has 0 unspecified atom stereocenters. The van der Waals surface area contributed by atoms with Gasteiger partial charge in [-0.1, -0.05) is 59.6 Å². The van der Waals surface area contributed by atoms with E-state index in [0.717, 1.165) is 0 Å². The van der Waals surface area contributed by atoms with Gasteiger partial charge in [-0.15, -0.1) is 12.4 Å². The van der Waals surface area contributed by atoms with Gasteiger partial charge in [-0.05, 0) is 72.3 Å². The summed E-state index contributed by atoms with van der Waals surface area (Å²) in [5.41, 5.74) is 7.96. The third kappa shape index (κ3) is 11.7. The standard InChI is InChI=1S/C23H22ClN3O5.C18H15ClN2O3.C5H8ClNO2.ClH/c1-31-22(29)20-18(14-25-23(30)26-9-11-32-12-10-26)21(28)17-8-7-15(24)13-19(17)27(20)16-5-3-2-4-6-16;1-24-18(23)16-14(10-20)17(22)13-8-7-11(19)9-15(13)21(16)12-5-3-2-4-6-12;6-5(8)7-1-3-9-4-2-7;/h2-8,13H,9-12,14H2,1H3,(H,25,30);2-9H,10,20H2,1H3;1-4H2;1H. The van der Waals surface area contributed by atoms with Crippen molar-refractivity contribution in [1.29, 1.82) is 0 Å². The molecule has 0 radical (unpaired) electrons. The van der Waals surface area contributed by atoms with Crippen molar-refractivity contribution in [3.8, 4) is 11.4 Å². The van der Waals surface area contributed by atoms with Gasteiger partial charge in [-0.2, -0.15) is 0 Å². The number of hydrogen-bond acceptors (Lipinski definition) is 11. The average molecular weight is 985 g/mol. The highest BCUT2D eigenvalue weighted by Crippen LogP contribution is 2.27. The topological polar surface area (TPSA) is 194 Å². The minimum atomic E-state index is -0.691. The largest absolute Gasteiger partial charge is 0.464 e. The zero-order valence-electron chi connectivity index (χ0n) is 35.8. The van der Waals surface area contributed by atoms with E-state index < -0.39 is 11.9 Å². The number of hydrogen-bond donors (Lipinski definition) is 2. The van der Waals surface area contributed by atoms with Crippen molar-refractivity contribution < 1.29 is 38.1 Å². The number of methoxy groups -OCH3 is 2. The van der Waals surface area contributed by atoms with Crippen molar-refractivity contribution in [2.24, 2.45) is 5.73 Å². The first-order valence-corrected chi connectivity index (χ1v) is 21.4. The fourth-order valence-electron chi connectivity index (χ4n) is 7.26. The van der Waals surface area contributed by atoms with Crippen LogP contribution in [0.3, 0.4) is 0 Å². The Balaban J connectivity index is 0.000000211. The van der Waals surface area contributed by atoms with E-state index in [2.05, 4.69) is 5.32 Å². The first kappa shape index (κ1) is 51.0. The number of aromatic nitrogens is 2. The normalized spacial score (nSPS) is 13.3. The van der Waals surface area contributed by atoms with Crippen LogP contribution in [-0.2, 0) is 32.0 Å². The van der Waals surface area contributed by atoms with Crippen LogP contribution in [0.1, 0.15) is 32.1 Å². The highest BCUT2D eigenvalue weighted by Gasteiger charge is 2.27. The number of pyridine rings is 2. The van der Waals surface area contributed by atoms with Crippen LogP contribution in [0.5, 0.6) is 0 Å². The second-order valence-corrected chi connectivity index (χ2v) is 15.5. The zero-order chi connectivity index (χ0) is 46.6. The number of nitrogens with one attached hydrogen (secondary N) is 1. The van der Waals surface area contributed by atoms with E-state index >= 15 is 0 Å². The van der Waals surface area contributed by atoms with Gasteiger partial charge in [0, 0.05) is 70.5 Å². The fraction of sp³-hybridized carbons (Fsp3) is 0.261. The zero-order valence-corrected chi connectivity index (χ0v) is 38.9. The number of carbonyl (C=O) groups is 4. The van der Waals surface area contributed by atoms with Crippen molar-refractivity contribution in [2.75, 3.05) is 66.8 Å². The van der Waals surface area contributed by atoms with E-state index in [9.17, 15) is 28.8 Å². The predicted octanol–water partition coefficient (Wildman–Crippen LogP) is 6.96. The number of ether oxygens (including phenoxy) is 4. The van der Waals surface area contributed by atoms with Crippen LogP contribution in [0.25, 0.3) is 33.2 Å². The molecule has 0 saturated carbocycles. The molecule has 20 heteroatoms. The van der Waals surface area contributed by atoms with Crippen molar-refractivity contribution in [2.45, 2.75) is 13.1 Å². The van der Waals surface area contributed by atoms with Gasteiger partial charge in [-0.3, -0.25) is 14.4 Å². The molecule has 348 valence electrons. The number of fused-ring (bicyclic) bond motifs is 2. The second-order valence-electron chi connectivity index (χ2n) is 14.3. The lowest BCUT2D eigenvalue weighted by Gasteiger charge is -2.27. The molecule has 2 saturated heterocycles. The number of urea groups is 1. The maximum absolute atomic E-state index is 13.4. The lowest BCUT2D eigenvalue weighted by molar-refractivity contribution is 0.0530. The molecular weight excluding hydrogens is 938 g/mol. The summed E-state index contributed by atoms with van der Waals surface area (Å²) in [5, 5.41) is 4.09. The Bertz CT molecular complexity index is 2820. The molecule has 4 heterocycles. The summed E-state index contributed by atoms with van der Waals surface area (Å²) >= 11 is 17.5. The number of morpholine rings is 2. The SMILES string of the molecule is COC(=O)c1c(CN)c(=O)c2ccc(Cl)cc2n1-c1ccccc1.COC(=O)c1c(CNC(=O)N2CCOCC2)c(=O)c2ccc(Cl)cc2n1-c1ccccc1.Cl.O=C(Cl)N1CCOCC1. The molecular formula is C46H46Cl4N6O10. The molecule has 4 aromatic carbocycles. The average Bonchev–Trinajstić information content (AvgIpc) is 3.34. The van der Waals surface area contributed by atoms with Gasteiger partial charge in [0.1, 0.15) is 11.4 Å². The summed E-state index contributed by atoms with van der Waals surface area (Å²) in [5.74, 6) is -1.32. The summed E-state index contributed by atoms with van der Waals surface area (Å²) in [4.78, 5) is 77.7. The van der Waals surface area contributed by atoms with Crippen LogP contribution in [0, 0.1) is 0 Å². The lowest BCUT2D eigenvalue weighted by atomic mass is 10.1. The lowest BCUT2D eigenvalue weighted by Crippen LogP contribution is -2.46. The molecule has 0 atom stereocenters. The summed E-state index contributed by atoms with van der Waals surface area (Å²) in [6.45, 7) is 4.10. The number of amides is 3. The van der Waals surface area contributed by atoms with Gasteiger partial charge in [0.2, 0.25) is 0 Å². The van der Waals surface area contributed by atoms with E-state index in [1.165, 1.54) is 14.2 Å². The summed E-state index contributed by atoms with van der Waals surface area (Å²) in [6.07, 6.45) is 0. The van der Waals surface area contributed by atoms with E-state index in [1.54, 1.807) is 55.3 Å². The smallest absolute Gasteiger partial charge is 0.355 e. The Morgan fingerprint density at radius 3 is 1.44 bits per heavy atom. The number of esters is 2. The van der Waals surface area contributed by atoms with Crippen LogP contribution in [0.15, 0.2) is 107 Å². The van der Waals surface area contributed by atoms with Gasteiger partial charge in [0.25, 0.3) is 0 Å². The molecule has 2 fully saturated rings. The first-order chi connectivity index (χ1) is 31.4. The van der Waals surface area contributed by atoms with Crippen molar-refractivity contribution in [3.05, 3.63) is 150 Å². The molecule has 0 spiro atoms. The van der Waals surface area contributed by atoms with E-state index in [0.29, 0.717) is 95.8 Å². The quantitative estimate of drug-likeness (QED) is 0.0955. The molecule has 66 heavy (non-hydrogen) atoms. The molecule has 0 bridgehead atoms. The molecule has 3 N–H and O–H groups in total. The number of rotatable bonds is 7. The Hall–Kier alpha value is -5.98. The number of nitrogens with zero attached hydrogens (tertiary/aromatic N) is 4. The van der Waals surface area contributed by atoms with Gasteiger partial charge < -0.3 is 48.9 Å². The third-order valence-corrected chi connectivity index (χ3v) is 11.1. The maximum atomic E-state index is 13.4. The van der Waals surface area contributed by atoms with Crippen LogP contribution in [-0.4, -0.2) is 109 Å². The molecule has 16 nitrogen and oxygen atoms in total. The Morgan fingerprint density at radius 2 is 1.05 bits per heavy atom. The van der Waals surface area contributed by atoms with Crippen LogP contribution < -0.4 is 21.9 Å². The number of benzene rings is 4. The number of para-hydroxylation sites is 2. The number of carbonyl (C=O) groups excluding carboxylic acids is 4. The summed E-state index contributed by atoms with van der Waals surface area (Å²) < 4.78 is 23.5. The van der Waals surface area contributed by atoms with Gasteiger partial charge in [0.05, 0.1) is 63.8 Å². The molecule has 0 aliphatic carbocycles. The van der Waals surface area contributed by atoms with Crippen LogP contribution >= 0.6 is 47.2 Å². The molecule has 2 aliphatic rings. The third-order valence-electron chi connectivity index (χ3n) is 10.4. The van der Waals surface area contributed by atoms with Crippen molar-refractivity contribution in [1.82, 2.24) is 24.3 Å². The monoisotopic (exact) mass is 982 g/mol. The molecule has 6 aromatic rings. The summed E-state index contributed by atoms with van der Waals surface area (Å²) in [7, 11) is 2.52. The second kappa shape index (κ2) is 24.0. The van der Waals surface area contributed by atoms with Crippen molar-refractivity contribution >= 4 is 92.4 Å². The number of halogens is 4. The van der Waals surface area contributed by atoms with E-state index in [1.807, 2.05) is 60.7 Å². The van der Waals surface area contributed by atoms with E-state index in [-0.39, 0.29) is 70.3 Å². The van der Waals surface area contributed by atoms with Gasteiger partial charge >= 0.3 is 23.3 Å². The number of nitrogens with two attached hydrogens (primary N) is 1. The maximum Gasteiger partial charge on any atom is 0.355 e. The van der Waals surface area contributed by atoms with Gasteiger partial charge in [-0.25, -0.2) is 14.4 Å². The Morgan fingerprint density at radius 1 is 0.636 bits per heavy atom. The van der Waals surface area contributed by atoms with Gasteiger partial charge in [0.15, 0.2) is 10.9 Å². The fourth-order valence-corrected chi connectivity index (χ4v) is 7.76. The summed E-state index contributed by atoms with van der Waals surface area (Å²) in [6, 6.07) is 27.8. The minimum Gasteiger partial charge on any atom is -0.464 e. The highest BCUT2D eigenvalue weighted by molar-refractivity contribution is 6.62. The minimum absolute atomic E-state index is 0. The Kier molecular flexibility index (Phi) is 18.5. The highest BCUT2D eigenvalue weighted by atomic mass is 35.5. The Labute approximate surface area is 400 Å².